The highest BCUT2D eigenvalue weighted by atomic mass is 79.9. The van der Waals surface area contributed by atoms with Crippen molar-refractivity contribution in [2.24, 2.45) is 0 Å². The average molecular weight is 341 g/mol. The van der Waals surface area contributed by atoms with E-state index in [1.54, 1.807) is 0 Å². The zero-order valence-corrected chi connectivity index (χ0v) is 11.8. The van der Waals surface area contributed by atoms with Crippen molar-refractivity contribution in [3.8, 4) is 5.75 Å². The topological polar surface area (TPSA) is 39.4 Å². The Balaban J connectivity index is 2.59. The molecule has 0 fully saturated rings. The first-order valence-corrected chi connectivity index (χ1v) is 6.40. The third-order valence-electron chi connectivity index (χ3n) is 2.98. The molecule has 0 unspecified atom stereocenters. The van der Waals surface area contributed by atoms with Crippen molar-refractivity contribution in [1.82, 2.24) is 0 Å². The lowest BCUT2D eigenvalue weighted by molar-refractivity contribution is 0.388. The molecule has 3 rings (SSSR count). The lowest BCUT2D eigenvalue weighted by atomic mass is 10.1. The molecule has 1 aromatic heterocycles. The predicted molar refractivity (Wildman–Crippen MR) is 74.2 cm³/mol. The Labute approximate surface area is 119 Å². The van der Waals surface area contributed by atoms with Gasteiger partial charge in [0.05, 0.1) is 12.5 Å². The molecular weight excluding hydrogens is 334 g/mol. The van der Waals surface area contributed by atoms with Crippen LogP contribution in [0, 0.1) is 11.6 Å². The summed E-state index contributed by atoms with van der Waals surface area (Å²) in [6.07, 6.45) is 0. The molecule has 6 heteroatoms. The number of fused-ring (bicyclic) bond motifs is 2. The minimum absolute atomic E-state index is 0.0259. The molecule has 0 saturated carbocycles. The summed E-state index contributed by atoms with van der Waals surface area (Å²) < 4.78 is 38.5. The predicted octanol–water partition coefficient (Wildman–Crippen LogP) is 4.00. The number of rotatable bonds is 1. The lowest BCUT2D eigenvalue weighted by Crippen LogP contribution is -2.06. The molecule has 0 amide bonds. The Bertz CT molecular complexity index is 902. The van der Waals surface area contributed by atoms with Crippen LogP contribution in [0.3, 0.4) is 0 Å². The van der Waals surface area contributed by atoms with E-state index in [9.17, 15) is 13.6 Å². The average Bonchev–Trinajstić information content (AvgIpc) is 2.40. The van der Waals surface area contributed by atoms with Crippen LogP contribution in [0.5, 0.6) is 5.75 Å². The summed E-state index contributed by atoms with van der Waals surface area (Å²) in [7, 11) is 1.29. The monoisotopic (exact) mass is 340 g/mol. The van der Waals surface area contributed by atoms with E-state index >= 15 is 0 Å². The van der Waals surface area contributed by atoms with Gasteiger partial charge in [-0.1, -0.05) is 15.9 Å². The second kappa shape index (κ2) is 4.56. The molecular formula is C14H7BrF2O3. The molecule has 3 aromatic rings. The first kappa shape index (κ1) is 13.1. The van der Waals surface area contributed by atoms with Gasteiger partial charge < -0.3 is 9.15 Å². The number of methoxy groups -OCH3 is 1. The van der Waals surface area contributed by atoms with E-state index in [4.69, 9.17) is 9.15 Å². The van der Waals surface area contributed by atoms with Gasteiger partial charge in [-0.05, 0) is 24.3 Å². The second-order valence-electron chi connectivity index (χ2n) is 4.15. The minimum Gasteiger partial charge on any atom is -0.494 e. The van der Waals surface area contributed by atoms with Crippen molar-refractivity contribution in [2.75, 3.05) is 7.11 Å². The zero-order valence-electron chi connectivity index (χ0n) is 10.2. The summed E-state index contributed by atoms with van der Waals surface area (Å²) in [5.74, 6) is -1.58. The number of ether oxygens (including phenoxy) is 1. The van der Waals surface area contributed by atoms with Gasteiger partial charge in [-0.3, -0.25) is 4.79 Å². The highest BCUT2D eigenvalue weighted by Gasteiger charge is 2.17. The van der Waals surface area contributed by atoms with Gasteiger partial charge >= 0.3 is 0 Å². The molecule has 0 bridgehead atoms. The van der Waals surface area contributed by atoms with Crippen LogP contribution >= 0.6 is 15.9 Å². The fraction of sp³-hybridized carbons (Fsp3) is 0.0714. The van der Waals surface area contributed by atoms with Gasteiger partial charge in [-0.15, -0.1) is 0 Å². The van der Waals surface area contributed by atoms with Crippen LogP contribution in [0.2, 0.25) is 0 Å². The Morgan fingerprint density at radius 2 is 2.00 bits per heavy atom. The fourth-order valence-electron chi connectivity index (χ4n) is 2.07. The van der Waals surface area contributed by atoms with Gasteiger partial charge in [0.25, 0.3) is 0 Å². The van der Waals surface area contributed by atoms with Crippen molar-refractivity contribution >= 4 is 37.9 Å². The van der Waals surface area contributed by atoms with Crippen molar-refractivity contribution in [3.05, 3.63) is 50.6 Å². The molecule has 3 nitrogen and oxygen atoms in total. The third-order valence-corrected chi connectivity index (χ3v) is 3.44. The van der Waals surface area contributed by atoms with Crippen LogP contribution in [0.1, 0.15) is 0 Å². The van der Waals surface area contributed by atoms with Gasteiger partial charge in [0.1, 0.15) is 11.0 Å². The Morgan fingerprint density at radius 1 is 1.25 bits per heavy atom. The first-order valence-electron chi connectivity index (χ1n) is 5.61. The van der Waals surface area contributed by atoms with Crippen LogP contribution in [-0.2, 0) is 0 Å². The molecule has 102 valence electrons. The summed E-state index contributed by atoms with van der Waals surface area (Å²) in [6, 6.07) is 5.27. The maximum Gasteiger partial charge on any atom is 0.203 e. The zero-order chi connectivity index (χ0) is 14.4. The molecule has 20 heavy (non-hydrogen) atoms. The maximum atomic E-state index is 14.2. The van der Waals surface area contributed by atoms with Crippen LogP contribution in [0.15, 0.2) is 37.9 Å². The molecule has 0 spiro atoms. The normalized spacial score (nSPS) is 11.2. The standard InChI is InChI=1S/C14H7BrF2O3/c1-19-10-3-2-9-11(12(10)17)13(18)7-4-6(15)5-8(16)14(7)20-9/h2-5H,1H3. The molecule has 0 aliphatic rings. The van der Waals surface area contributed by atoms with Crippen LogP contribution in [-0.4, -0.2) is 7.11 Å². The maximum absolute atomic E-state index is 14.2. The number of hydrogen-bond donors (Lipinski definition) is 0. The van der Waals surface area contributed by atoms with E-state index in [1.807, 2.05) is 0 Å². The van der Waals surface area contributed by atoms with Gasteiger partial charge in [0.15, 0.2) is 23.0 Å². The minimum atomic E-state index is -0.818. The van der Waals surface area contributed by atoms with Crippen LogP contribution < -0.4 is 10.2 Å². The van der Waals surface area contributed by atoms with E-state index < -0.39 is 17.1 Å². The van der Waals surface area contributed by atoms with Crippen molar-refractivity contribution in [3.63, 3.8) is 0 Å². The Hall–Kier alpha value is -1.95. The smallest absolute Gasteiger partial charge is 0.203 e. The first-order chi connectivity index (χ1) is 9.52. The number of halogens is 3. The summed E-state index contributed by atoms with van der Waals surface area (Å²) in [5.41, 5.74) is -0.866. The van der Waals surface area contributed by atoms with Gasteiger partial charge in [0, 0.05) is 4.47 Å². The van der Waals surface area contributed by atoms with Crippen molar-refractivity contribution in [2.45, 2.75) is 0 Å². The van der Waals surface area contributed by atoms with Crippen molar-refractivity contribution < 1.29 is 17.9 Å². The number of benzene rings is 2. The summed E-state index contributed by atoms with van der Waals surface area (Å²) in [6.45, 7) is 0. The van der Waals surface area contributed by atoms with Crippen LogP contribution in [0.25, 0.3) is 21.9 Å². The SMILES string of the molecule is COc1ccc2oc3c(F)cc(Br)cc3c(=O)c2c1F. The third kappa shape index (κ3) is 1.79. The fourth-order valence-corrected chi connectivity index (χ4v) is 2.50. The van der Waals surface area contributed by atoms with Gasteiger partial charge in [0.2, 0.25) is 5.43 Å². The molecule has 2 aromatic carbocycles. The van der Waals surface area contributed by atoms with E-state index in [0.717, 1.165) is 0 Å². The summed E-state index contributed by atoms with van der Waals surface area (Å²) in [5, 5.41) is -0.286. The van der Waals surface area contributed by atoms with E-state index in [0.29, 0.717) is 4.47 Å². The molecule has 1 heterocycles. The van der Waals surface area contributed by atoms with E-state index in [-0.39, 0.29) is 27.7 Å². The molecule has 0 atom stereocenters. The summed E-state index contributed by atoms with van der Waals surface area (Å²) >= 11 is 3.09. The largest absolute Gasteiger partial charge is 0.494 e. The lowest BCUT2D eigenvalue weighted by Gasteiger charge is -2.06. The highest BCUT2D eigenvalue weighted by molar-refractivity contribution is 9.10. The van der Waals surface area contributed by atoms with Crippen LogP contribution in [0.4, 0.5) is 8.78 Å². The highest BCUT2D eigenvalue weighted by Crippen LogP contribution is 2.29. The molecule has 0 aliphatic carbocycles. The van der Waals surface area contributed by atoms with Gasteiger partial charge in [-0.2, -0.15) is 0 Å². The van der Waals surface area contributed by atoms with E-state index in [1.165, 1.54) is 31.4 Å². The molecule has 0 N–H and O–H groups in total. The summed E-state index contributed by atoms with van der Waals surface area (Å²) in [4.78, 5) is 12.3. The second-order valence-corrected chi connectivity index (χ2v) is 5.07. The Kier molecular flexibility index (Phi) is 2.97. The molecule has 0 radical (unpaired) electrons. The molecule has 0 saturated heterocycles. The van der Waals surface area contributed by atoms with Gasteiger partial charge in [-0.25, -0.2) is 8.78 Å². The quantitative estimate of drug-likeness (QED) is 0.628. The van der Waals surface area contributed by atoms with Crippen molar-refractivity contribution in [1.29, 1.82) is 0 Å². The Morgan fingerprint density at radius 3 is 2.70 bits per heavy atom. The van der Waals surface area contributed by atoms with E-state index in [2.05, 4.69) is 15.9 Å². The number of hydrogen-bond acceptors (Lipinski definition) is 3. The molecule has 0 aliphatic heterocycles.